The number of halogens is 2. The first kappa shape index (κ1) is 17.4. The van der Waals surface area contributed by atoms with E-state index in [1.54, 1.807) is 30.3 Å². The molecule has 0 saturated carbocycles. The minimum Gasteiger partial charge on any atom is -0.287 e. The average Bonchev–Trinajstić information content (AvgIpc) is 2.67. The van der Waals surface area contributed by atoms with Gasteiger partial charge in [0.15, 0.2) is 0 Å². The molecule has 3 aromatic carbocycles. The summed E-state index contributed by atoms with van der Waals surface area (Å²) in [6.45, 7) is 2.00. The van der Waals surface area contributed by atoms with E-state index < -0.39 is 5.82 Å². The number of aryl methyl sites for hydroxylation is 1. The molecule has 1 aromatic heterocycles. The topological polar surface area (TPSA) is 34.9 Å². The lowest BCUT2D eigenvalue weighted by molar-refractivity contribution is 0.597. The lowest BCUT2D eigenvalue weighted by Crippen LogP contribution is -2.24. The Morgan fingerprint density at radius 3 is 2.48 bits per heavy atom. The average molecular weight is 379 g/mol. The van der Waals surface area contributed by atoms with E-state index in [1.807, 2.05) is 37.3 Å². The fourth-order valence-electron chi connectivity index (χ4n) is 3.08. The summed E-state index contributed by atoms with van der Waals surface area (Å²) in [4.78, 5) is 17.9. The minimum atomic E-state index is -0.447. The molecule has 0 bridgehead atoms. The zero-order valence-corrected chi connectivity index (χ0v) is 15.4. The molecule has 4 rings (SSSR count). The molecule has 0 aliphatic heterocycles. The molecule has 0 spiro atoms. The fraction of sp³-hybridized carbons (Fsp3) is 0.0909. The highest BCUT2D eigenvalue weighted by atomic mass is 35.5. The van der Waals surface area contributed by atoms with Crippen LogP contribution in [0.5, 0.6) is 0 Å². The van der Waals surface area contributed by atoms with Gasteiger partial charge in [0.05, 0.1) is 17.4 Å². The number of para-hydroxylation sites is 1. The molecule has 0 fully saturated rings. The maximum atomic E-state index is 14.3. The quantitative estimate of drug-likeness (QED) is 0.490. The number of nitrogens with zero attached hydrogens (tertiary/aromatic N) is 2. The molecular formula is C22H16ClFN2O. The third kappa shape index (κ3) is 3.24. The molecule has 4 aromatic rings. The standard InChI is InChI=1S/C22H16ClFN2O/c1-14-9-11-15(12-10-14)21-25-20-8-3-2-5-16(20)22(27)26(21)13-17-18(23)6-4-7-19(17)24/h2-12H,13H2,1H3. The largest absolute Gasteiger partial charge is 0.287 e. The zero-order valence-electron chi connectivity index (χ0n) is 14.6. The Morgan fingerprint density at radius 2 is 1.74 bits per heavy atom. The van der Waals surface area contributed by atoms with Crippen LogP contribution in [0, 0.1) is 12.7 Å². The van der Waals surface area contributed by atoms with Crippen LogP contribution < -0.4 is 5.56 Å². The highest BCUT2D eigenvalue weighted by Gasteiger charge is 2.16. The minimum absolute atomic E-state index is 0.00534. The molecule has 0 N–H and O–H groups in total. The first-order valence-corrected chi connectivity index (χ1v) is 8.92. The van der Waals surface area contributed by atoms with Crippen molar-refractivity contribution >= 4 is 22.5 Å². The van der Waals surface area contributed by atoms with Crippen molar-refractivity contribution in [1.29, 1.82) is 0 Å². The van der Waals surface area contributed by atoms with Gasteiger partial charge in [-0.25, -0.2) is 9.37 Å². The molecule has 0 atom stereocenters. The lowest BCUT2D eigenvalue weighted by Gasteiger charge is -2.15. The van der Waals surface area contributed by atoms with Gasteiger partial charge in [-0.2, -0.15) is 0 Å². The van der Waals surface area contributed by atoms with Gasteiger partial charge in [0.25, 0.3) is 5.56 Å². The first-order valence-electron chi connectivity index (χ1n) is 8.54. The van der Waals surface area contributed by atoms with Crippen molar-refractivity contribution in [3.8, 4) is 11.4 Å². The van der Waals surface area contributed by atoms with Gasteiger partial charge >= 0.3 is 0 Å². The molecule has 0 radical (unpaired) electrons. The summed E-state index contributed by atoms with van der Waals surface area (Å²) < 4.78 is 15.8. The third-order valence-corrected chi connectivity index (χ3v) is 4.90. The highest BCUT2D eigenvalue weighted by molar-refractivity contribution is 6.31. The van der Waals surface area contributed by atoms with Gasteiger partial charge in [-0.3, -0.25) is 9.36 Å². The van der Waals surface area contributed by atoms with Gasteiger partial charge in [0.2, 0.25) is 0 Å². The molecule has 5 heteroatoms. The molecule has 0 unspecified atom stereocenters. The van der Waals surface area contributed by atoms with Crippen LogP contribution in [0.1, 0.15) is 11.1 Å². The highest BCUT2D eigenvalue weighted by Crippen LogP contribution is 2.24. The summed E-state index contributed by atoms with van der Waals surface area (Å²) in [5.41, 5.74) is 2.54. The predicted molar refractivity (Wildman–Crippen MR) is 107 cm³/mol. The van der Waals surface area contributed by atoms with E-state index >= 15 is 0 Å². The Bertz CT molecular complexity index is 1180. The Hall–Kier alpha value is -2.98. The Morgan fingerprint density at radius 1 is 1.00 bits per heavy atom. The van der Waals surface area contributed by atoms with Crippen molar-refractivity contribution in [2.45, 2.75) is 13.5 Å². The molecule has 3 nitrogen and oxygen atoms in total. The van der Waals surface area contributed by atoms with E-state index in [1.165, 1.54) is 10.6 Å². The summed E-state index contributed by atoms with van der Waals surface area (Å²) in [7, 11) is 0. The molecule has 0 aliphatic rings. The van der Waals surface area contributed by atoms with Gasteiger partial charge in [-0.15, -0.1) is 0 Å². The molecule has 134 valence electrons. The number of fused-ring (bicyclic) bond motifs is 1. The molecule has 1 heterocycles. The third-order valence-electron chi connectivity index (χ3n) is 4.55. The van der Waals surface area contributed by atoms with E-state index in [9.17, 15) is 9.18 Å². The van der Waals surface area contributed by atoms with E-state index in [2.05, 4.69) is 4.98 Å². The summed E-state index contributed by atoms with van der Waals surface area (Å²) in [6, 6.07) is 19.4. The Kier molecular flexibility index (Phi) is 4.50. The van der Waals surface area contributed by atoms with Gasteiger partial charge < -0.3 is 0 Å². The Balaban J connectivity index is 1.99. The van der Waals surface area contributed by atoms with Gasteiger partial charge in [0, 0.05) is 16.1 Å². The van der Waals surface area contributed by atoms with Crippen molar-refractivity contribution in [3.63, 3.8) is 0 Å². The van der Waals surface area contributed by atoms with Crippen LogP contribution in [-0.4, -0.2) is 9.55 Å². The molecule has 0 saturated heterocycles. The van der Waals surface area contributed by atoms with Crippen LogP contribution in [-0.2, 0) is 6.54 Å². The summed E-state index contributed by atoms with van der Waals surface area (Å²) >= 11 is 6.19. The van der Waals surface area contributed by atoms with Crippen LogP contribution in [0.4, 0.5) is 4.39 Å². The first-order chi connectivity index (χ1) is 13.0. The van der Waals surface area contributed by atoms with Gasteiger partial charge in [-0.05, 0) is 31.2 Å². The van der Waals surface area contributed by atoms with Crippen LogP contribution in [0.3, 0.4) is 0 Å². The molecule has 0 amide bonds. The molecule has 27 heavy (non-hydrogen) atoms. The summed E-state index contributed by atoms with van der Waals surface area (Å²) in [6.07, 6.45) is 0. The maximum Gasteiger partial charge on any atom is 0.261 e. The zero-order chi connectivity index (χ0) is 19.0. The van der Waals surface area contributed by atoms with Crippen molar-refractivity contribution in [2.75, 3.05) is 0 Å². The van der Waals surface area contributed by atoms with Crippen molar-refractivity contribution in [1.82, 2.24) is 9.55 Å². The Labute approximate surface area is 160 Å². The maximum absolute atomic E-state index is 14.3. The van der Waals surface area contributed by atoms with Crippen LogP contribution in [0.2, 0.25) is 5.02 Å². The van der Waals surface area contributed by atoms with E-state index in [0.29, 0.717) is 16.7 Å². The molecular weight excluding hydrogens is 363 g/mol. The second-order valence-corrected chi connectivity index (χ2v) is 6.82. The second-order valence-electron chi connectivity index (χ2n) is 6.41. The van der Waals surface area contributed by atoms with Crippen LogP contribution in [0.25, 0.3) is 22.3 Å². The number of hydrogen-bond acceptors (Lipinski definition) is 2. The van der Waals surface area contributed by atoms with Crippen LogP contribution in [0.15, 0.2) is 71.5 Å². The number of aromatic nitrogens is 2. The summed E-state index contributed by atoms with van der Waals surface area (Å²) in [5.74, 6) is 0.0374. The van der Waals surface area contributed by atoms with Gasteiger partial charge in [-0.1, -0.05) is 59.6 Å². The smallest absolute Gasteiger partial charge is 0.261 e. The van der Waals surface area contributed by atoms with Gasteiger partial charge in [0.1, 0.15) is 11.6 Å². The van der Waals surface area contributed by atoms with Crippen molar-refractivity contribution < 1.29 is 4.39 Å². The number of rotatable bonds is 3. The SMILES string of the molecule is Cc1ccc(-c2nc3ccccc3c(=O)n2Cc2c(F)cccc2Cl)cc1. The van der Waals surface area contributed by atoms with Crippen LogP contribution >= 0.6 is 11.6 Å². The van der Waals surface area contributed by atoms with E-state index in [4.69, 9.17) is 11.6 Å². The van der Waals surface area contributed by atoms with E-state index in [-0.39, 0.29) is 22.7 Å². The second kappa shape index (κ2) is 6.97. The fourth-order valence-corrected chi connectivity index (χ4v) is 3.30. The van der Waals surface area contributed by atoms with E-state index in [0.717, 1.165) is 11.1 Å². The monoisotopic (exact) mass is 378 g/mol. The number of benzene rings is 3. The predicted octanol–water partition coefficient (Wildman–Crippen LogP) is 5.21. The van der Waals surface area contributed by atoms with Crippen molar-refractivity contribution in [2.24, 2.45) is 0 Å². The molecule has 0 aliphatic carbocycles. The van der Waals surface area contributed by atoms with Crippen molar-refractivity contribution in [3.05, 3.63) is 99.1 Å². The number of hydrogen-bond donors (Lipinski definition) is 0. The normalized spacial score (nSPS) is 11.1. The summed E-state index contributed by atoms with van der Waals surface area (Å²) in [5, 5.41) is 0.769. The lowest BCUT2D eigenvalue weighted by atomic mass is 10.1.